The van der Waals surface area contributed by atoms with Crippen molar-refractivity contribution in [3.05, 3.63) is 34.9 Å². The van der Waals surface area contributed by atoms with Crippen molar-refractivity contribution in [2.45, 2.75) is 64.2 Å². The van der Waals surface area contributed by atoms with E-state index in [-0.39, 0.29) is 0 Å². The van der Waals surface area contributed by atoms with E-state index in [2.05, 4.69) is 25.1 Å². The topological polar surface area (TPSA) is 0 Å². The maximum absolute atomic E-state index is 6.10. The zero-order valence-corrected chi connectivity index (χ0v) is 12.3. The molecule has 0 aromatic heterocycles. The van der Waals surface area contributed by atoms with Gasteiger partial charge in [-0.1, -0.05) is 69.2 Å². The lowest BCUT2D eigenvalue weighted by atomic mass is 9.76. The number of rotatable bonds is 5. The van der Waals surface area contributed by atoms with Gasteiger partial charge in [0.1, 0.15) is 0 Å². The molecule has 0 bridgehead atoms. The van der Waals surface area contributed by atoms with Crippen LogP contribution >= 0.6 is 11.6 Å². The highest BCUT2D eigenvalue weighted by Crippen LogP contribution is 2.38. The van der Waals surface area contributed by atoms with E-state index in [9.17, 15) is 0 Å². The van der Waals surface area contributed by atoms with E-state index in [0.717, 1.165) is 16.9 Å². The molecule has 1 saturated carbocycles. The van der Waals surface area contributed by atoms with Crippen molar-refractivity contribution in [2.24, 2.45) is 5.92 Å². The number of hydrogen-bond donors (Lipinski definition) is 0. The Morgan fingerprint density at radius 2 is 2.11 bits per heavy atom. The van der Waals surface area contributed by atoms with Crippen LogP contribution in [0.5, 0.6) is 0 Å². The fraction of sp³-hybridized carbons (Fsp3) is 0.647. The van der Waals surface area contributed by atoms with Crippen LogP contribution in [0.3, 0.4) is 0 Å². The first kappa shape index (κ1) is 13.9. The molecule has 1 fully saturated rings. The summed E-state index contributed by atoms with van der Waals surface area (Å²) in [5, 5.41) is 0.889. The highest BCUT2D eigenvalue weighted by molar-refractivity contribution is 6.30. The molecule has 1 aromatic carbocycles. The Bertz CT molecular complexity index is 358. The molecule has 0 aliphatic heterocycles. The van der Waals surface area contributed by atoms with Gasteiger partial charge in [0.15, 0.2) is 0 Å². The molecule has 0 nitrogen and oxygen atoms in total. The molecule has 1 aromatic rings. The second-order valence-corrected chi connectivity index (χ2v) is 6.22. The van der Waals surface area contributed by atoms with Crippen molar-refractivity contribution in [2.75, 3.05) is 0 Å². The van der Waals surface area contributed by atoms with Crippen molar-refractivity contribution in [3.8, 4) is 0 Å². The lowest BCUT2D eigenvalue weighted by Crippen LogP contribution is -2.14. The molecule has 0 saturated heterocycles. The summed E-state index contributed by atoms with van der Waals surface area (Å²) in [4.78, 5) is 0. The zero-order chi connectivity index (χ0) is 12.8. The van der Waals surface area contributed by atoms with Gasteiger partial charge in [-0.3, -0.25) is 0 Å². The Labute approximate surface area is 117 Å². The summed E-state index contributed by atoms with van der Waals surface area (Å²) in [6.45, 7) is 2.29. The first-order chi connectivity index (χ1) is 8.79. The van der Waals surface area contributed by atoms with Gasteiger partial charge < -0.3 is 0 Å². The minimum Gasteiger partial charge on any atom is -0.0843 e. The van der Waals surface area contributed by atoms with Gasteiger partial charge in [-0.2, -0.15) is 0 Å². The maximum atomic E-state index is 6.10. The lowest BCUT2D eigenvalue weighted by Gasteiger charge is -2.29. The third-order valence-corrected chi connectivity index (χ3v) is 4.55. The molecule has 100 valence electrons. The summed E-state index contributed by atoms with van der Waals surface area (Å²) in [6, 6.07) is 8.50. The first-order valence-electron chi connectivity index (χ1n) is 7.55. The van der Waals surface area contributed by atoms with Gasteiger partial charge in [-0.15, -0.1) is 0 Å². The normalized spacial score (nSPS) is 24.1. The molecule has 1 heteroatoms. The molecule has 0 amide bonds. The molecule has 0 radical (unpaired) electrons. The third kappa shape index (κ3) is 4.02. The Hall–Kier alpha value is -0.490. The van der Waals surface area contributed by atoms with Crippen molar-refractivity contribution in [1.82, 2.24) is 0 Å². The summed E-state index contributed by atoms with van der Waals surface area (Å²) in [7, 11) is 0. The van der Waals surface area contributed by atoms with Gasteiger partial charge in [0.2, 0.25) is 0 Å². The average molecular weight is 265 g/mol. The predicted molar refractivity (Wildman–Crippen MR) is 80.3 cm³/mol. The number of benzene rings is 1. The van der Waals surface area contributed by atoms with E-state index >= 15 is 0 Å². The highest BCUT2D eigenvalue weighted by atomic mass is 35.5. The fourth-order valence-corrected chi connectivity index (χ4v) is 3.50. The summed E-state index contributed by atoms with van der Waals surface area (Å²) in [6.07, 6.45) is 11.2. The molecule has 1 aliphatic carbocycles. The monoisotopic (exact) mass is 264 g/mol. The van der Waals surface area contributed by atoms with E-state index in [4.69, 9.17) is 11.6 Å². The molecule has 0 N–H and O–H groups in total. The minimum absolute atomic E-state index is 0.754. The van der Waals surface area contributed by atoms with Crippen LogP contribution in [0.4, 0.5) is 0 Å². The SMILES string of the molecule is CCCCCC1CCCC(c2cccc(Cl)c2)C1. The molecule has 0 heterocycles. The number of hydrogen-bond acceptors (Lipinski definition) is 0. The summed E-state index contributed by atoms with van der Waals surface area (Å²) in [5.41, 5.74) is 1.46. The van der Waals surface area contributed by atoms with Gasteiger partial charge in [0.25, 0.3) is 0 Å². The van der Waals surface area contributed by atoms with Gasteiger partial charge in [-0.25, -0.2) is 0 Å². The fourth-order valence-electron chi connectivity index (χ4n) is 3.30. The quantitative estimate of drug-likeness (QED) is 0.556. The molecule has 2 atom stereocenters. The minimum atomic E-state index is 0.754. The van der Waals surface area contributed by atoms with Crippen LogP contribution < -0.4 is 0 Å². The van der Waals surface area contributed by atoms with Crippen LogP contribution in [0, 0.1) is 5.92 Å². The Morgan fingerprint density at radius 1 is 1.22 bits per heavy atom. The van der Waals surface area contributed by atoms with Crippen LogP contribution in [0.2, 0.25) is 5.02 Å². The van der Waals surface area contributed by atoms with Crippen molar-refractivity contribution >= 4 is 11.6 Å². The van der Waals surface area contributed by atoms with Crippen LogP contribution in [0.1, 0.15) is 69.8 Å². The van der Waals surface area contributed by atoms with Crippen molar-refractivity contribution < 1.29 is 0 Å². The molecule has 18 heavy (non-hydrogen) atoms. The van der Waals surface area contributed by atoms with Gasteiger partial charge in [-0.05, 0) is 42.4 Å². The summed E-state index contributed by atoms with van der Waals surface area (Å²) < 4.78 is 0. The standard InChI is InChI=1S/C17H25Cl/c1-2-3-4-7-14-8-5-9-15(12-14)16-10-6-11-17(18)13-16/h6,10-11,13-15H,2-5,7-9,12H2,1H3. The Balaban J connectivity index is 1.90. The summed E-state index contributed by atoms with van der Waals surface area (Å²) in [5.74, 6) is 1.71. The second-order valence-electron chi connectivity index (χ2n) is 5.78. The van der Waals surface area contributed by atoms with Crippen LogP contribution in [-0.4, -0.2) is 0 Å². The molecular formula is C17H25Cl. The van der Waals surface area contributed by atoms with E-state index in [1.165, 1.54) is 56.9 Å². The summed E-state index contributed by atoms with van der Waals surface area (Å²) >= 11 is 6.10. The molecular weight excluding hydrogens is 240 g/mol. The number of halogens is 1. The Kier molecular flexibility index (Phi) is 5.56. The molecule has 0 spiro atoms. The molecule has 2 unspecified atom stereocenters. The average Bonchev–Trinajstić information content (AvgIpc) is 2.39. The second kappa shape index (κ2) is 7.19. The number of unbranched alkanes of at least 4 members (excludes halogenated alkanes) is 2. The highest BCUT2D eigenvalue weighted by Gasteiger charge is 2.22. The predicted octanol–water partition coefficient (Wildman–Crippen LogP) is 6.19. The van der Waals surface area contributed by atoms with E-state index in [1.54, 1.807) is 0 Å². The van der Waals surface area contributed by atoms with Crippen LogP contribution in [0.25, 0.3) is 0 Å². The van der Waals surface area contributed by atoms with Crippen molar-refractivity contribution in [3.63, 3.8) is 0 Å². The van der Waals surface area contributed by atoms with Crippen LogP contribution in [-0.2, 0) is 0 Å². The Morgan fingerprint density at radius 3 is 2.89 bits per heavy atom. The van der Waals surface area contributed by atoms with Gasteiger partial charge in [0, 0.05) is 5.02 Å². The molecule has 1 aliphatic rings. The first-order valence-corrected chi connectivity index (χ1v) is 7.93. The third-order valence-electron chi connectivity index (χ3n) is 4.32. The van der Waals surface area contributed by atoms with Gasteiger partial charge in [0.05, 0.1) is 0 Å². The lowest BCUT2D eigenvalue weighted by molar-refractivity contribution is 0.298. The zero-order valence-electron chi connectivity index (χ0n) is 11.5. The maximum Gasteiger partial charge on any atom is 0.0408 e. The molecule has 2 rings (SSSR count). The van der Waals surface area contributed by atoms with Crippen LogP contribution in [0.15, 0.2) is 24.3 Å². The van der Waals surface area contributed by atoms with Crippen molar-refractivity contribution in [1.29, 1.82) is 0 Å². The van der Waals surface area contributed by atoms with E-state index in [0.29, 0.717) is 0 Å². The van der Waals surface area contributed by atoms with Gasteiger partial charge >= 0.3 is 0 Å². The van der Waals surface area contributed by atoms with E-state index < -0.39 is 0 Å². The smallest absolute Gasteiger partial charge is 0.0408 e. The largest absolute Gasteiger partial charge is 0.0843 e. The van der Waals surface area contributed by atoms with E-state index in [1.807, 2.05) is 6.07 Å².